The molecule has 0 N–H and O–H groups in total. The number of fused-ring (bicyclic) bond motifs is 1. The number of hydrogen-bond acceptors (Lipinski definition) is 5. The van der Waals surface area contributed by atoms with E-state index in [1.54, 1.807) is 24.3 Å². The molecule has 0 bridgehead atoms. The number of aryl methyl sites for hydroxylation is 3. The zero-order valence-electron chi connectivity index (χ0n) is 19.6. The maximum atomic E-state index is 13.0. The molecular weight excluding hydrogens is 448 g/mol. The van der Waals surface area contributed by atoms with E-state index in [1.807, 2.05) is 35.6 Å². The largest absolute Gasteiger partial charge is 0.354 e. The number of amides is 1. The van der Waals surface area contributed by atoms with Crippen LogP contribution in [0.15, 0.2) is 48.5 Å². The lowest BCUT2D eigenvalue weighted by Crippen LogP contribution is -2.35. The van der Waals surface area contributed by atoms with Gasteiger partial charge < -0.3 is 9.80 Å². The van der Waals surface area contributed by atoms with Crippen LogP contribution < -0.4 is 4.90 Å². The predicted molar refractivity (Wildman–Crippen MR) is 135 cm³/mol. The van der Waals surface area contributed by atoms with Crippen LogP contribution in [0.2, 0.25) is 5.02 Å². The van der Waals surface area contributed by atoms with E-state index in [-0.39, 0.29) is 5.91 Å². The van der Waals surface area contributed by atoms with Crippen LogP contribution in [-0.2, 0) is 0 Å². The van der Waals surface area contributed by atoms with Crippen LogP contribution in [-0.4, -0.2) is 56.7 Å². The molecule has 0 spiro atoms. The van der Waals surface area contributed by atoms with E-state index < -0.39 is 0 Å². The Morgan fingerprint density at radius 3 is 2.44 bits per heavy atom. The van der Waals surface area contributed by atoms with Crippen LogP contribution in [0.3, 0.4) is 0 Å². The van der Waals surface area contributed by atoms with E-state index >= 15 is 0 Å². The normalized spacial score (nSPS) is 14.5. The minimum atomic E-state index is 0.0334. The predicted octanol–water partition coefficient (Wildman–Crippen LogP) is 4.75. The summed E-state index contributed by atoms with van der Waals surface area (Å²) in [6.07, 6.45) is 0.856. The Morgan fingerprint density at radius 2 is 1.68 bits per heavy atom. The van der Waals surface area contributed by atoms with Gasteiger partial charge in [-0.15, -0.1) is 0 Å². The molecule has 0 saturated carbocycles. The Balaban J connectivity index is 1.47. The van der Waals surface area contributed by atoms with Gasteiger partial charge in [0.1, 0.15) is 11.6 Å². The van der Waals surface area contributed by atoms with Gasteiger partial charge in [-0.1, -0.05) is 29.8 Å². The lowest BCUT2D eigenvalue weighted by atomic mass is 10.2. The van der Waals surface area contributed by atoms with Gasteiger partial charge in [0.05, 0.1) is 16.8 Å². The molecule has 0 atom stereocenters. The minimum absolute atomic E-state index is 0.0334. The lowest BCUT2D eigenvalue weighted by molar-refractivity contribution is 0.0767. The maximum absolute atomic E-state index is 13.0. The number of rotatable bonds is 3. The number of benzene rings is 2. The summed E-state index contributed by atoms with van der Waals surface area (Å²) in [6, 6.07) is 15.3. The van der Waals surface area contributed by atoms with E-state index in [9.17, 15) is 4.79 Å². The third-order valence-electron chi connectivity index (χ3n) is 6.31. The monoisotopic (exact) mass is 474 g/mol. The molecule has 0 unspecified atom stereocenters. The molecule has 1 aliphatic heterocycles. The fourth-order valence-electron chi connectivity index (χ4n) is 4.57. The zero-order valence-corrected chi connectivity index (χ0v) is 20.4. The van der Waals surface area contributed by atoms with Crippen molar-refractivity contribution < 1.29 is 4.79 Å². The van der Waals surface area contributed by atoms with Gasteiger partial charge in [0, 0.05) is 36.8 Å². The van der Waals surface area contributed by atoms with Crippen LogP contribution in [0.5, 0.6) is 0 Å². The fourth-order valence-corrected chi connectivity index (χ4v) is 4.70. The van der Waals surface area contributed by atoms with Crippen LogP contribution in [0.4, 0.5) is 5.82 Å². The molecule has 1 amide bonds. The number of carbonyl (C=O) groups excluding carboxylic acids is 1. The molecule has 1 saturated heterocycles. The molecule has 7 nitrogen and oxygen atoms in total. The summed E-state index contributed by atoms with van der Waals surface area (Å²) in [5, 5.41) is 6.44. The summed E-state index contributed by atoms with van der Waals surface area (Å²) in [4.78, 5) is 26.8. The molecule has 1 aliphatic rings. The smallest absolute Gasteiger partial charge is 0.253 e. The van der Waals surface area contributed by atoms with Crippen molar-refractivity contribution in [2.24, 2.45) is 0 Å². The maximum Gasteiger partial charge on any atom is 0.253 e. The molecule has 4 aromatic rings. The number of halogens is 1. The number of hydrogen-bond donors (Lipinski definition) is 0. The summed E-state index contributed by atoms with van der Waals surface area (Å²) in [5.41, 5.74) is 4.52. The number of carbonyl (C=O) groups is 1. The summed E-state index contributed by atoms with van der Waals surface area (Å²) >= 11 is 5.99. The Hall–Kier alpha value is -3.45. The minimum Gasteiger partial charge on any atom is -0.354 e. The highest BCUT2D eigenvalue weighted by Crippen LogP contribution is 2.30. The van der Waals surface area contributed by atoms with Crippen LogP contribution in [0, 0.1) is 20.8 Å². The average Bonchev–Trinajstić information content (AvgIpc) is 2.99. The van der Waals surface area contributed by atoms with E-state index in [0.29, 0.717) is 36.0 Å². The van der Waals surface area contributed by atoms with Crippen molar-refractivity contribution in [1.82, 2.24) is 24.6 Å². The molecule has 34 heavy (non-hydrogen) atoms. The van der Waals surface area contributed by atoms with Crippen LogP contribution >= 0.6 is 11.6 Å². The molecule has 5 rings (SSSR count). The number of nitrogens with zero attached hydrogens (tertiary/aromatic N) is 6. The molecule has 174 valence electrons. The van der Waals surface area contributed by atoms with Crippen molar-refractivity contribution in [3.05, 3.63) is 76.2 Å². The van der Waals surface area contributed by atoms with E-state index in [1.165, 1.54) is 0 Å². The van der Waals surface area contributed by atoms with Gasteiger partial charge in [0.2, 0.25) is 0 Å². The quantitative estimate of drug-likeness (QED) is 0.428. The first kappa shape index (κ1) is 22.3. The molecule has 3 heterocycles. The van der Waals surface area contributed by atoms with Crippen LogP contribution in [0.25, 0.3) is 16.7 Å². The Kier molecular flexibility index (Phi) is 5.96. The molecule has 8 heteroatoms. The fraction of sp³-hybridized carbons (Fsp3) is 0.308. The number of anilines is 1. The first-order chi connectivity index (χ1) is 16.4. The van der Waals surface area contributed by atoms with Crippen molar-refractivity contribution in [1.29, 1.82) is 0 Å². The summed E-state index contributed by atoms with van der Waals surface area (Å²) in [7, 11) is 0. The third-order valence-corrected chi connectivity index (χ3v) is 6.56. The second-order valence-electron chi connectivity index (χ2n) is 8.72. The van der Waals surface area contributed by atoms with Crippen molar-refractivity contribution in [3.8, 4) is 5.69 Å². The highest BCUT2D eigenvalue weighted by molar-refractivity contribution is 6.30. The van der Waals surface area contributed by atoms with Gasteiger partial charge in [-0.25, -0.2) is 14.6 Å². The van der Waals surface area contributed by atoms with Gasteiger partial charge in [-0.2, -0.15) is 5.10 Å². The number of para-hydroxylation sites is 1. The van der Waals surface area contributed by atoms with E-state index in [0.717, 1.165) is 46.8 Å². The summed E-state index contributed by atoms with van der Waals surface area (Å²) in [6.45, 7) is 8.83. The first-order valence-electron chi connectivity index (χ1n) is 11.5. The average molecular weight is 475 g/mol. The summed E-state index contributed by atoms with van der Waals surface area (Å²) in [5.74, 6) is 1.63. The SMILES string of the molecule is Cc1nc(N2CCCN(C(=O)c3ccc(Cl)cc3)CC2)c2c(C)nn(-c3ccccc3C)c2n1. The van der Waals surface area contributed by atoms with Crippen LogP contribution in [0.1, 0.15) is 33.9 Å². The Morgan fingerprint density at radius 1 is 0.912 bits per heavy atom. The molecule has 1 fully saturated rings. The van der Waals surface area contributed by atoms with E-state index in [2.05, 4.69) is 24.0 Å². The zero-order chi connectivity index (χ0) is 23.8. The number of aromatic nitrogens is 4. The standard InChI is InChI=1S/C26H27ClN6O/c1-17-7-4-5-8-22(17)33-25-23(18(2)30-33)24(28-19(3)29-25)31-13-6-14-32(16-15-31)26(34)20-9-11-21(27)12-10-20/h4-5,7-12H,6,13-16H2,1-3H3. The molecule has 2 aromatic heterocycles. The van der Waals surface area contributed by atoms with Gasteiger partial charge in [-0.05, 0) is 63.1 Å². The van der Waals surface area contributed by atoms with Gasteiger partial charge in [0.25, 0.3) is 5.91 Å². The molecule has 2 aromatic carbocycles. The summed E-state index contributed by atoms with van der Waals surface area (Å²) < 4.78 is 1.92. The first-order valence-corrected chi connectivity index (χ1v) is 11.9. The second-order valence-corrected chi connectivity index (χ2v) is 9.15. The van der Waals surface area contributed by atoms with Crippen molar-refractivity contribution in [2.75, 3.05) is 31.1 Å². The van der Waals surface area contributed by atoms with Gasteiger partial charge >= 0.3 is 0 Å². The lowest BCUT2D eigenvalue weighted by Gasteiger charge is -2.24. The van der Waals surface area contributed by atoms with Crippen molar-refractivity contribution in [3.63, 3.8) is 0 Å². The van der Waals surface area contributed by atoms with Crippen molar-refractivity contribution in [2.45, 2.75) is 27.2 Å². The molecule has 0 aliphatic carbocycles. The third kappa shape index (κ3) is 4.12. The molecule has 0 radical (unpaired) electrons. The molecular formula is C26H27ClN6O. The van der Waals surface area contributed by atoms with Crippen molar-refractivity contribution >= 4 is 34.4 Å². The van der Waals surface area contributed by atoms with E-state index in [4.69, 9.17) is 26.7 Å². The highest BCUT2D eigenvalue weighted by atomic mass is 35.5. The Labute approximate surface area is 204 Å². The highest BCUT2D eigenvalue weighted by Gasteiger charge is 2.25. The second kappa shape index (κ2) is 9.06. The van der Waals surface area contributed by atoms with Gasteiger partial charge in [0.15, 0.2) is 5.65 Å². The van der Waals surface area contributed by atoms with Gasteiger partial charge in [-0.3, -0.25) is 4.79 Å². The Bertz CT molecular complexity index is 1360. The topological polar surface area (TPSA) is 67.2 Å².